The molecule has 1 fully saturated rings. The van der Waals surface area contributed by atoms with Crippen LogP contribution in [0.25, 0.3) is 0 Å². The van der Waals surface area contributed by atoms with E-state index in [0.717, 1.165) is 11.1 Å². The number of aliphatic hydroxyl groups excluding tert-OH is 1. The summed E-state index contributed by atoms with van der Waals surface area (Å²) < 4.78 is 16.3. The van der Waals surface area contributed by atoms with Crippen LogP contribution in [0, 0.1) is 5.92 Å². The lowest BCUT2D eigenvalue weighted by molar-refractivity contribution is -0.138. The molecule has 1 saturated heterocycles. The van der Waals surface area contributed by atoms with Gasteiger partial charge >= 0.3 is 6.09 Å². The van der Waals surface area contributed by atoms with E-state index in [2.05, 4.69) is 10.6 Å². The van der Waals surface area contributed by atoms with E-state index in [1.165, 1.54) is 14.2 Å². The van der Waals surface area contributed by atoms with Crippen LogP contribution in [-0.4, -0.2) is 60.5 Å². The number of carbonyl (C=O) groups is 2. The quantitative estimate of drug-likeness (QED) is 0.424. The number of hydrogen-bond acceptors (Lipinski definition) is 7. The molecule has 4 bridgehead atoms. The molecule has 10 heteroatoms. The number of allylic oxidation sites excluding steroid dienone is 3. The first-order valence-corrected chi connectivity index (χ1v) is 12.4. The normalized spacial score (nSPS) is 33.1. The SMILES string of the molecule is COc1cc2cc(c1Cl)NC(=O)C[C@H](O)/C(C)=C\[C@H](C)[C@@H]1C[C@@](O)(NC(=O)O1)[C@H](OC)/C=C\C=C(\C)C2. The highest BCUT2D eigenvalue weighted by Crippen LogP contribution is 2.35. The molecule has 2 heterocycles. The van der Waals surface area contributed by atoms with E-state index < -0.39 is 36.0 Å². The van der Waals surface area contributed by atoms with Gasteiger partial charge in [0, 0.05) is 19.4 Å². The highest BCUT2D eigenvalue weighted by Gasteiger charge is 2.46. The molecule has 2 aliphatic rings. The summed E-state index contributed by atoms with van der Waals surface area (Å²) in [6.45, 7) is 5.43. The van der Waals surface area contributed by atoms with Gasteiger partial charge in [0.15, 0.2) is 5.72 Å². The first kappa shape index (κ1) is 28.7. The van der Waals surface area contributed by atoms with Gasteiger partial charge in [-0.05, 0) is 43.5 Å². The van der Waals surface area contributed by atoms with Gasteiger partial charge in [-0.3, -0.25) is 10.1 Å². The second-order valence-electron chi connectivity index (χ2n) is 9.63. The standard InChI is InChI=1S/C27H35ClN2O7/c1-15-7-6-8-23(36-5)27(34)14-22(37-26(33)30-27)17(3)10-16(2)20(31)13-24(32)29-19-11-18(9-15)12-21(35-4)25(19)28/h6-8,10-12,17,20,22-23,31,34H,9,13-14H2,1-5H3,(H,29,32)(H,30,33)/b8-6-,15-7-,16-10-/t17-,20-,22-,23+,27-/m0/s1. The van der Waals surface area contributed by atoms with Crippen molar-refractivity contribution in [2.75, 3.05) is 19.5 Å². The zero-order valence-corrected chi connectivity index (χ0v) is 22.5. The molecule has 0 saturated carbocycles. The molecule has 0 spiro atoms. The number of hydrogen-bond donors (Lipinski definition) is 4. The predicted molar refractivity (Wildman–Crippen MR) is 141 cm³/mol. The largest absolute Gasteiger partial charge is 0.495 e. The Morgan fingerprint density at radius 3 is 2.62 bits per heavy atom. The highest BCUT2D eigenvalue weighted by atomic mass is 35.5. The van der Waals surface area contributed by atoms with Gasteiger partial charge in [-0.1, -0.05) is 48.4 Å². The van der Waals surface area contributed by atoms with E-state index in [4.69, 9.17) is 25.8 Å². The maximum absolute atomic E-state index is 12.8. The molecule has 4 N–H and O–H groups in total. The lowest BCUT2D eigenvalue weighted by atomic mass is 9.89. The van der Waals surface area contributed by atoms with Crippen LogP contribution in [0.4, 0.5) is 10.5 Å². The third kappa shape index (κ3) is 7.13. The summed E-state index contributed by atoms with van der Waals surface area (Å²) in [5, 5.41) is 27.5. The van der Waals surface area contributed by atoms with Crippen molar-refractivity contribution in [1.29, 1.82) is 0 Å². The molecule has 9 nitrogen and oxygen atoms in total. The Balaban J connectivity index is 2.04. The molecule has 0 aliphatic carbocycles. The lowest BCUT2D eigenvalue weighted by Gasteiger charge is -2.41. The number of methoxy groups -OCH3 is 2. The first-order valence-electron chi connectivity index (χ1n) is 12.1. The van der Waals surface area contributed by atoms with Crippen molar-refractivity contribution >= 4 is 29.3 Å². The van der Waals surface area contributed by atoms with Gasteiger partial charge in [-0.25, -0.2) is 4.79 Å². The summed E-state index contributed by atoms with van der Waals surface area (Å²) in [6, 6.07) is 3.56. The fraction of sp³-hybridized carbons (Fsp3) is 0.481. The van der Waals surface area contributed by atoms with E-state index in [9.17, 15) is 19.8 Å². The van der Waals surface area contributed by atoms with Crippen molar-refractivity contribution in [2.45, 2.75) is 64.1 Å². The Labute approximate surface area is 222 Å². The van der Waals surface area contributed by atoms with Crippen LogP contribution in [0.3, 0.4) is 0 Å². The van der Waals surface area contributed by atoms with Crippen LogP contribution in [0.15, 0.2) is 47.6 Å². The van der Waals surface area contributed by atoms with E-state index in [-0.39, 0.29) is 23.8 Å². The zero-order valence-electron chi connectivity index (χ0n) is 21.7. The minimum Gasteiger partial charge on any atom is -0.495 e. The summed E-state index contributed by atoms with van der Waals surface area (Å²) in [4.78, 5) is 25.1. The van der Waals surface area contributed by atoms with Gasteiger partial charge in [0.05, 0.1) is 25.3 Å². The summed E-state index contributed by atoms with van der Waals surface area (Å²) >= 11 is 6.44. The number of ether oxygens (including phenoxy) is 3. The molecule has 0 aromatic heterocycles. The number of aliphatic hydroxyl groups is 2. The molecule has 2 amide bonds. The Hall–Kier alpha value is -2.85. The van der Waals surface area contributed by atoms with Crippen LogP contribution in [0.1, 0.15) is 39.2 Å². The molecular weight excluding hydrogens is 500 g/mol. The van der Waals surface area contributed by atoms with Gasteiger partial charge < -0.3 is 29.7 Å². The number of amides is 2. The minimum absolute atomic E-state index is 0.0515. The Morgan fingerprint density at radius 2 is 1.95 bits per heavy atom. The molecule has 5 atom stereocenters. The average molecular weight is 535 g/mol. The third-order valence-corrected chi connectivity index (χ3v) is 6.96. The van der Waals surface area contributed by atoms with Crippen molar-refractivity contribution in [3.63, 3.8) is 0 Å². The molecule has 3 rings (SSSR count). The van der Waals surface area contributed by atoms with Crippen molar-refractivity contribution in [2.24, 2.45) is 5.92 Å². The molecule has 0 unspecified atom stereocenters. The number of halogens is 1. The molecule has 1 aromatic carbocycles. The maximum Gasteiger partial charge on any atom is 0.409 e. The molecule has 1 aromatic rings. The van der Waals surface area contributed by atoms with Crippen molar-refractivity contribution < 1.29 is 34.0 Å². The van der Waals surface area contributed by atoms with Gasteiger partial charge in [0.2, 0.25) is 5.91 Å². The monoisotopic (exact) mass is 534 g/mol. The van der Waals surface area contributed by atoms with Crippen molar-refractivity contribution in [3.05, 3.63) is 58.2 Å². The number of benzene rings is 1. The first-order chi connectivity index (χ1) is 17.4. The average Bonchev–Trinajstić information content (AvgIpc) is 2.82. The minimum atomic E-state index is -1.71. The number of nitrogens with one attached hydrogen (secondary N) is 2. The fourth-order valence-electron chi connectivity index (χ4n) is 4.53. The van der Waals surface area contributed by atoms with Gasteiger partial charge in [0.25, 0.3) is 0 Å². The van der Waals surface area contributed by atoms with E-state index >= 15 is 0 Å². The number of rotatable bonds is 2. The van der Waals surface area contributed by atoms with Crippen LogP contribution in [0.2, 0.25) is 5.02 Å². The van der Waals surface area contributed by atoms with Gasteiger partial charge in [0.1, 0.15) is 23.0 Å². The summed E-state index contributed by atoms with van der Waals surface area (Å²) in [5.74, 6) is -0.372. The smallest absolute Gasteiger partial charge is 0.409 e. The third-order valence-electron chi connectivity index (χ3n) is 6.57. The number of anilines is 1. The Kier molecular flexibility index (Phi) is 9.41. The summed E-state index contributed by atoms with van der Waals surface area (Å²) in [7, 11) is 2.95. The van der Waals surface area contributed by atoms with Crippen LogP contribution in [0.5, 0.6) is 5.75 Å². The molecule has 0 radical (unpaired) electrons. The van der Waals surface area contributed by atoms with E-state index in [0.29, 0.717) is 23.4 Å². The van der Waals surface area contributed by atoms with Gasteiger partial charge in [-0.2, -0.15) is 0 Å². The van der Waals surface area contributed by atoms with Crippen LogP contribution >= 0.6 is 11.6 Å². The van der Waals surface area contributed by atoms with Crippen LogP contribution in [-0.2, 0) is 20.7 Å². The second kappa shape index (κ2) is 12.1. The second-order valence-corrected chi connectivity index (χ2v) is 10.0. The Bertz CT molecular complexity index is 1120. The van der Waals surface area contributed by atoms with E-state index in [1.54, 1.807) is 37.3 Å². The number of alkyl carbamates (subject to hydrolysis) is 1. The Morgan fingerprint density at radius 1 is 1.22 bits per heavy atom. The lowest BCUT2D eigenvalue weighted by Crippen LogP contribution is -2.63. The zero-order chi connectivity index (χ0) is 27.3. The molecule has 37 heavy (non-hydrogen) atoms. The topological polar surface area (TPSA) is 126 Å². The predicted octanol–water partition coefficient (Wildman–Crippen LogP) is 3.88. The number of carbonyl (C=O) groups excluding carboxylic acids is 2. The summed E-state index contributed by atoms with van der Waals surface area (Å²) in [5.41, 5.74) is 1.03. The molecule has 202 valence electrons. The molecule has 2 aliphatic heterocycles. The van der Waals surface area contributed by atoms with Gasteiger partial charge in [-0.15, -0.1) is 0 Å². The van der Waals surface area contributed by atoms with Crippen molar-refractivity contribution in [3.8, 4) is 5.75 Å². The van der Waals surface area contributed by atoms with Crippen molar-refractivity contribution in [1.82, 2.24) is 5.32 Å². The fourth-order valence-corrected chi connectivity index (χ4v) is 4.76. The molecular formula is C27H35ClN2O7. The highest BCUT2D eigenvalue weighted by molar-refractivity contribution is 6.35. The van der Waals surface area contributed by atoms with E-state index in [1.807, 2.05) is 19.9 Å². The maximum atomic E-state index is 12.8. The number of fused-ring (bicyclic) bond motifs is 4. The van der Waals surface area contributed by atoms with Crippen LogP contribution < -0.4 is 15.4 Å². The summed E-state index contributed by atoms with van der Waals surface area (Å²) in [6.07, 6.45) is 4.02.